The van der Waals surface area contributed by atoms with Crippen LogP contribution >= 0.6 is 0 Å². The molecule has 0 atom stereocenters. The van der Waals surface area contributed by atoms with Crippen molar-refractivity contribution < 1.29 is 33.6 Å². The highest BCUT2D eigenvalue weighted by molar-refractivity contribution is 5.66. The number of aliphatic carboxylic acids is 1. The van der Waals surface area contributed by atoms with Crippen LogP contribution in [0.4, 0.5) is 0 Å². The van der Waals surface area contributed by atoms with Crippen LogP contribution in [0.3, 0.4) is 0 Å². The number of carboxylic acids is 1. The Kier molecular flexibility index (Phi) is 18.4. The summed E-state index contributed by atoms with van der Waals surface area (Å²) in [6.07, 6.45) is 4.26. The molecule has 1 aliphatic heterocycles. The SMILES string of the molecule is CCN1C=CN(CCOC)C1.COCCOCCOCCOCCC(=O)O. The van der Waals surface area contributed by atoms with Crippen LogP contribution in [0, 0.1) is 0 Å². The van der Waals surface area contributed by atoms with Crippen LogP contribution < -0.4 is 0 Å². The van der Waals surface area contributed by atoms with Gasteiger partial charge in [0.05, 0.1) is 65.9 Å². The van der Waals surface area contributed by atoms with Gasteiger partial charge < -0.3 is 38.6 Å². The van der Waals surface area contributed by atoms with E-state index in [9.17, 15) is 4.79 Å². The van der Waals surface area contributed by atoms with E-state index in [0.717, 1.165) is 26.4 Å². The van der Waals surface area contributed by atoms with E-state index in [1.165, 1.54) is 0 Å². The topological polar surface area (TPSA) is 89.9 Å². The van der Waals surface area contributed by atoms with Crippen molar-refractivity contribution >= 4 is 5.97 Å². The Balaban J connectivity index is 0.000000533. The van der Waals surface area contributed by atoms with E-state index in [0.29, 0.717) is 39.6 Å². The van der Waals surface area contributed by atoms with E-state index in [1.54, 1.807) is 14.2 Å². The molecule has 0 amide bonds. The number of ether oxygens (including phenoxy) is 5. The first kappa shape index (κ1) is 25.6. The van der Waals surface area contributed by atoms with Crippen LogP contribution in [0.5, 0.6) is 0 Å². The van der Waals surface area contributed by atoms with Crippen LogP contribution in [0.25, 0.3) is 0 Å². The van der Waals surface area contributed by atoms with Gasteiger partial charge in [-0.05, 0) is 6.92 Å². The number of rotatable bonds is 16. The van der Waals surface area contributed by atoms with Gasteiger partial charge in [-0.3, -0.25) is 4.79 Å². The summed E-state index contributed by atoms with van der Waals surface area (Å²) in [4.78, 5) is 14.6. The first-order chi connectivity index (χ1) is 13.1. The normalized spacial score (nSPS) is 13.0. The van der Waals surface area contributed by atoms with Gasteiger partial charge in [-0.2, -0.15) is 0 Å². The Hall–Kier alpha value is -1.39. The van der Waals surface area contributed by atoms with Crippen LogP contribution in [0.1, 0.15) is 13.3 Å². The molecular weight excluding hydrogens is 356 g/mol. The number of methoxy groups -OCH3 is 2. The summed E-state index contributed by atoms with van der Waals surface area (Å²) in [6.45, 7) is 9.31. The number of carbonyl (C=O) groups is 1. The largest absolute Gasteiger partial charge is 0.481 e. The Morgan fingerprint density at radius 3 is 1.85 bits per heavy atom. The highest BCUT2D eigenvalue weighted by Crippen LogP contribution is 2.04. The smallest absolute Gasteiger partial charge is 0.305 e. The fraction of sp³-hybridized carbons (Fsp3) is 0.833. The lowest BCUT2D eigenvalue weighted by molar-refractivity contribution is -0.138. The molecule has 0 saturated heterocycles. The molecule has 1 N–H and O–H groups in total. The lowest BCUT2D eigenvalue weighted by Gasteiger charge is -2.19. The minimum Gasteiger partial charge on any atom is -0.481 e. The standard InChI is InChI=1S/C10H20O6.C8H16N2O/c1-13-4-5-15-8-9-16-7-6-14-3-2-10(11)12;1-3-9-4-5-10(8-9)6-7-11-2/h2-9H2,1H3,(H,11,12);4-5H,3,6-8H2,1-2H3. The Morgan fingerprint density at radius 1 is 0.852 bits per heavy atom. The average molecular weight is 392 g/mol. The fourth-order valence-electron chi connectivity index (χ4n) is 1.92. The molecule has 1 aliphatic rings. The molecule has 160 valence electrons. The summed E-state index contributed by atoms with van der Waals surface area (Å²) >= 11 is 0. The Morgan fingerprint density at radius 2 is 1.37 bits per heavy atom. The minimum absolute atomic E-state index is 0.0279. The van der Waals surface area contributed by atoms with Gasteiger partial charge in [-0.25, -0.2) is 0 Å². The number of hydrogen-bond donors (Lipinski definition) is 1. The van der Waals surface area contributed by atoms with Crippen LogP contribution in [-0.4, -0.2) is 108 Å². The lowest BCUT2D eigenvalue weighted by atomic mass is 10.5. The zero-order chi connectivity index (χ0) is 20.2. The third-order valence-electron chi connectivity index (χ3n) is 3.48. The molecule has 0 unspecified atom stereocenters. The molecule has 0 bridgehead atoms. The Labute approximate surface area is 162 Å². The molecule has 0 aromatic heterocycles. The third-order valence-corrected chi connectivity index (χ3v) is 3.48. The van der Waals surface area contributed by atoms with Gasteiger partial charge in [-0.15, -0.1) is 0 Å². The summed E-state index contributed by atoms with van der Waals surface area (Å²) in [7, 11) is 3.35. The molecule has 1 heterocycles. The van der Waals surface area contributed by atoms with Crippen molar-refractivity contribution in [2.24, 2.45) is 0 Å². The molecule has 0 spiro atoms. The van der Waals surface area contributed by atoms with E-state index in [1.807, 2.05) is 0 Å². The number of carboxylic acid groups (broad SMARTS) is 1. The monoisotopic (exact) mass is 392 g/mol. The van der Waals surface area contributed by atoms with E-state index in [4.69, 9.17) is 28.8 Å². The molecule has 0 radical (unpaired) electrons. The second kappa shape index (κ2) is 19.4. The number of nitrogens with zero attached hydrogens (tertiary/aromatic N) is 2. The van der Waals surface area contributed by atoms with E-state index in [-0.39, 0.29) is 13.0 Å². The van der Waals surface area contributed by atoms with Crippen molar-refractivity contribution in [1.82, 2.24) is 9.80 Å². The van der Waals surface area contributed by atoms with Crippen molar-refractivity contribution in [2.75, 3.05) is 86.8 Å². The molecule has 0 saturated carbocycles. The predicted octanol–water partition coefficient (Wildman–Crippen LogP) is 0.856. The molecule has 9 nitrogen and oxygen atoms in total. The molecule has 0 aromatic rings. The molecule has 9 heteroatoms. The van der Waals surface area contributed by atoms with Crippen molar-refractivity contribution in [2.45, 2.75) is 13.3 Å². The fourth-order valence-corrected chi connectivity index (χ4v) is 1.92. The van der Waals surface area contributed by atoms with Crippen LogP contribution in [0.15, 0.2) is 12.4 Å². The van der Waals surface area contributed by atoms with Gasteiger partial charge in [0.25, 0.3) is 0 Å². The summed E-state index contributed by atoms with van der Waals surface area (Å²) in [5.74, 6) is -0.854. The molecule has 0 aliphatic carbocycles. The van der Waals surface area contributed by atoms with E-state index in [2.05, 4.69) is 29.1 Å². The lowest BCUT2D eigenvalue weighted by Crippen LogP contribution is -2.27. The summed E-state index contributed by atoms with van der Waals surface area (Å²) < 4.78 is 25.1. The van der Waals surface area contributed by atoms with Crippen LogP contribution in [0.2, 0.25) is 0 Å². The zero-order valence-electron chi connectivity index (χ0n) is 16.9. The van der Waals surface area contributed by atoms with E-state index < -0.39 is 5.97 Å². The maximum Gasteiger partial charge on any atom is 0.305 e. The highest BCUT2D eigenvalue weighted by Gasteiger charge is 2.08. The Bertz CT molecular complexity index is 370. The maximum atomic E-state index is 10.1. The number of hydrogen-bond acceptors (Lipinski definition) is 8. The van der Waals surface area contributed by atoms with Gasteiger partial charge >= 0.3 is 5.97 Å². The summed E-state index contributed by atoms with van der Waals surface area (Å²) in [5, 5.41) is 8.32. The molecular formula is C18H36N2O7. The van der Waals surface area contributed by atoms with Gasteiger partial charge in [0.1, 0.15) is 0 Å². The van der Waals surface area contributed by atoms with Crippen molar-refractivity contribution in [3.05, 3.63) is 12.4 Å². The van der Waals surface area contributed by atoms with Crippen LogP contribution in [-0.2, 0) is 28.5 Å². The first-order valence-corrected chi connectivity index (χ1v) is 9.23. The maximum absolute atomic E-state index is 10.1. The van der Waals surface area contributed by atoms with Gasteiger partial charge in [0.15, 0.2) is 0 Å². The summed E-state index contributed by atoms with van der Waals surface area (Å²) in [5.41, 5.74) is 0. The molecule has 27 heavy (non-hydrogen) atoms. The second-order valence-electron chi connectivity index (χ2n) is 5.62. The first-order valence-electron chi connectivity index (χ1n) is 9.23. The third kappa shape index (κ3) is 17.8. The molecule has 1 rings (SSSR count). The average Bonchev–Trinajstić information content (AvgIpc) is 3.13. The molecule has 0 aromatic carbocycles. The quantitative estimate of drug-likeness (QED) is 0.384. The zero-order valence-corrected chi connectivity index (χ0v) is 16.9. The van der Waals surface area contributed by atoms with Crippen molar-refractivity contribution in [3.8, 4) is 0 Å². The van der Waals surface area contributed by atoms with E-state index >= 15 is 0 Å². The predicted molar refractivity (Wildman–Crippen MR) is 102 cm³/mol. The summed E-state index contributed by atoms with van der Waals surface area (Å²) in [6, 6.07) is 0. The second-order valence-corrected chi connectivity index (χ2v) is 5.62. The minimum atomic E-state index is -0.854. The highest BCUT2D eigenvalue weighted by atomic mass is 16.6. The van der Waals surface area contributed by atoms with Crippen molar-refractivity contribution in [1.29, 1.82) is 0 Å². The molecule has 0 fully saturated rings. The van der Waals surface area contributed by atoms with Gasteiger partial charge in [-0.1, -0.05) is 0 Å². The van der Waals surface area contributed by atoms with Gasteiger partial charge in [0.2, 0.25) is 0 Å². The van der Waals surface area contributed by atoms with Gasteiger partial charge in [0, 0.05) is 39.7 Å². The van der Waals surface area contributed by atoms with Crippen molar-refractivity contribution in [3.63, 3.8) is 0 Å².